The highest BCUT2D eigenvalue weighted by molar-refractivity contribution is 6.18. The first-order valence-corrected chi connectivity index (χ1v) is 24.2. The molecule has 0 bridgehead atoms. The average molecular weight is 895 g/mol. The molecule has 0 aliphatic heterocycles. The third-order valence-electron chi connectivity index (χ3n) is 15.0. The van der Waals surface area contributed by atoms with Gasteiger partial charge in [0.15, 0.2) is 0 Å². The molecule has 0 N–H and O–H groups in total. The van der Waals surface area contributed by atoms with Gasteiger partial charge in [-0.2, -0.15) is 0 Å². The van der Waals surface area contributed by atoms with Gasteiger partial charge in [0.25, 0.3) is 0 Å². The Kier molecular flexibility index (Phi) is 8.93. The molecule has 0 saturated heterocycles. The number of hydrogen-bond acceptors (Lipinski definition) is 2. The normalized spacial score (nSPS) is 12.8. The molecule has 0 atom stereocenters. The Labute approximate surface area is 406 Å². The van der Waals surface area contributed by atoms with Crippen molar-refractivity contribution in [2.45, 2.75) is 19.3 Å². The number of para-hydroxylation sites is 4. The molecule has 0 unspecified atom stereocenters. The fourth-order valence-corrected chi connectivity index (χ4v) is 11.6. The van der Waals surface area contributed by atoms with Crippen LogP contribution >= 0.6 is 0 Å². The van der Waals surface area contributed by atoms with Gasteiger partial charge in [0.1, 0.15) is 11.2 Å². The van der Waals surface area contributed by atoms with Gasteiger partial charge in [-0.1, -0.05) is 184 Å². The number of aromatic nitrogens is 1. The van der Waals surface area contributed by atoms with Gasteiger partial charge in [0.05, 0.1) is 27.8 Å². The fourth-order valence-electron chi connectivity index (χ4n) is 11.6. The quantitative estimate of drug-likeness (QED) is 0.159. The minimum atomic E-state index is -0.106. The molecule has 0 amide bonds. The molecule has 14 rings (SSSR count). The molecule has 0 spiro atoms. The summed E-state index contributed by atoms with van der Waals surface area (Å²) in [6.07, 6.45) is 0. The first-order valence-electron chi connectivity index (χ1n) is 24.2. The van der Waals surface area contributed by atoms with Crippen molar-refractivity contribution in [2.75, 3.05) is 4.90 Å². The minimum Gasteiger partial charge on any atom is -0.455 e. The standard InChI is InChI=1S/C67H46N2O/c1-67(2)58-25-10-5-21-53(58)54-37-34-47(42-59(54)67)46-18-15-19-50(41-46)69(60-26-11-6-20-51(60)48-31-30-43-16-3-4-17-45(43)40-48)63-39-38-52(66-65(63)57-24-9-14-29-64(57)70-66)44-32-35-49(36-33-44)68-61-27-12-7-22-55(61)56-23-8-13-28-62(56)68/h3-42H,1-2H3. The van der Waals surface area contributed by atoms with Crippen LogP contribution in [0.15, 0.2) is 247 Å². The summed E-state index contributed by atoms with van der Waals surface area (Å²) in [5.41, 5.74) is 20.5. The van der Waals surface area contributed by atoms with Crippen LogP contribution in [0.2, 0.25) is 0 Å². The van der Waals surface area contributed by atoms with Crippen LogP contribution < -0.4 is 4.90 Å². The molecule has 0 fully saturated rings. The monoisotopic (exact) mass is 894 g/mol. The lowest BCUT2D eigenvalue weighted by molar-refractivity contribution is 0.660. The molecular formula is C67H46N2O. The van der Waals surface area contributed by atoms with Crippen LogP contribution in [-0.4, -0.2) is 4.57 Å². The van der Waals surface area contributed by atoms with Crippen molar-refractivity contribution in [1.82, 2.24) is 4.57 Å². The Morgan fingerprint density at radius 1 is 0.386 bits per heavy atom. The highest BCUT2D eigenvalue weighted by atomic mass is 16.3. The maximum absolute atomic E-state index is 7.03. The zero-order valence-corrected chi connectivity index (χ0v) is 38.9. The number of hydrogen-bond donors (Lipinski definition) is 0. The third kappa shape index (κ3) is 6.15. The van der Waals surface area contributed by atoms with Crippen molar-refractivity contribution in [3.05, 3.63) is 254 Å². The largest absolute Gasteiger partial charge is 0.455 e. The van der Waals surface area contributed by atoms with E-state index >= 15 is 0 Å². The Morgan fingerprint density at radius 2 is 1.00 bits per heavy atom. The van der Waals surface area contributed by atoms with E-state index in [-0.39, 0.29) is 5.41 Å². The van der Waals surface area contributed by atoms with Crippen LogP contribution in [0.4, 0.5) is 17.1 Å². The molecule has 11 aromatic carbocycles. The van der Waals surface area contributed by atoms with E-state index in [0.29, 0.717) is 0 Å². The van der Waals surface area contributed by atoms with Crippen molar-refractivity contribution >= 4 is 71.6 Å². The van der Waals surface area contributed by atoms with Gasteiger partial charge in [-0.15, -0.1) is 0 Å². The van der Waals surface area contributed by atoms with Crippen LogP contribution in [0.1, 0.15) is 25.0 Å². The summed E-state index contributed by atoms with van der Waals surface area (Å²) in [5, 5.41) is 7.07. The molecule has 3 heteroatoms. The molecule has 0 radical (unpaired) electrons. The van der Waals surface area contributed by atoms with Gasteiger partial charge in [-0.05, 0) is 128 Å². The SMILES string of the molecule is CC1(C)c2ccccc2-c2ccc(-c3cccc(N(c4ccccc4-c4ccc5ccccc5c4)c4ccc(-c5ccc(-n6c7ccccc7c7ccccc76)cc5)c5oc6ccccc6c45)c3)cc21. The van der Waals surface area contributed by atoms with Gasteiger partial charge in [0, 0.05) is 44.1 Å². The summed E-state index contributed by atoms with van der Waals surface area (Å²) >= 11 is 0. The zero-order chi connectivity index (χ0) is 46.5. The van der Waals surface area contributed by atoms with Crippen LogP contribution in [0.25, 0.3) is 105 Å². The van der Waals surface area contributed by atoms with E-state index < -0.39 is 0 Å². The van der Waals surface area contributed by atoms with Crippen molar-refractivity contribution in [3.8, 4) is 50.2 Å². The van der Waals surface area contributed by atoms with Gasteiger partial charge < -0.3 is 13.9 Å². The van der Waals surface area contributed by atoms with Crippen molar-refractivity contribution < 1.29 is 4.42 Å². The molecular weight excluding hydrogens is 849 g/mol. The molecule has 1 aliphatic carbocycles. The highest BCUT2D eigenvalue weighted by Crippen LogP contribution is 2.51. The van der Waals surface area contributed by atoms with Crippen molar-refractivity contribution in [3.63, 3.8) is 0 Å². The summed E-state index contributed by atoms with van der Waals surface area (Å²) in [6, 6.07) is 88.6. The predicted molar refractivity (Wildman–Crippen MR) is 294 cm³/mol. The van der Waals surface area contributed by atoms with E-state index in [1.54, 1.807) is 0 Å². The average Bonchev–Trinajstić information content (AvgIpc) is 4.05. The van der Waals surface area contributed by atoms with Crippen LogP contribution in [0.5, 0.6) is 0 Å². The van der Waals surface area contributed by atoms with Crippen LogP contribution in [0, 0.1) is 0 Å². The van der Waals surface area contributed by atoms with E-state index in [9.17, 15) is 0 Å². The Bertz CT molecular complexity index is 4170. The lowest BCUT2D eigenvalue weighted by atomic mass is 9.81. The summed E-state index contributed by atoms with van der Waals surface area (Å²) in [5.74, 6) is 0. The second kappa shape index (κ2) is 15.6. The maximum Gasteiger partial charge on any atom is 0.145 e. The van der Waals surface area contributed by atoms with Crippen molar-refractivity contribution in [1.29, 1.82) is 0 Å². The fraction of sp³-hybridized carbons (Fsp3) is 0.0448. The maximum atomic E-state index is 7.03. The molecule has 0 saturated carbocycles. The number of rotatable bonds is 7. The smallest absolute Gasteiger partial charge is 0.145 e. The second-order valence-electron chi connectivity index (χ2n) is 19.2. The Morgan fingerprint density at radius 3 is 1.81 bits per heavy atom. The van der Waals surface area contributed by atoms with Gasteiger partial charge >= 0.3 is 0 Å². The summed E-state index contributed by atoms with van der Waals surface area (Å²) < 4.78 is 9.40. The number of furan rings is 1. The third-order valence-corrected chi connectivity index (χ3v) is 15.0. The van der Waals surface area contributed by atoms with E-state index in [4.69, 9.17) is 4.42 Å². The van der Waals surface area contributed by atoms with E-state index in [0.717, 1.165) is 72.5 Å². The summed E-state index contributed by atoms with van der Waals surface area (Å²) in [4.78, 5) is 2.46. The van der Waals surface area contributed by atoms with E-state index in [1.165, 1.54) is 60.4 Å². The first-order chi connectivity index (χ1) is 34.5. The Hall–Kier alpha value is -8.92. The summed E-state index contributed by atoms with van der Waals surface area (Å²) in [6.45, 7) is 4.71. The summed E-state index contributed by atoms with van der Waals surface area (Å²) in [7, 11) is 0. The van der Waals surface area contributed by atoms with Gasteiger partial charge in [0.2, 0.25) is 0 Å². The van der Waals surface area contributed by atoms with E-state index in [2.05, 4.69) is 266 Å². The molecule has 330 valence electrons. The first kappa shape index (κ1) is 40.2. The van der Waals surface area contributed by atoms with Crippen molar-refractivity contribution in [2.24, 2.45) is 0 Å². The number of fused-ring (bicyclic) bond motifs is 10. The number of benzene rings is 11. The molecule has 3 nitrogen and oxygen atoms in total. The second-order valence-corrected chi connectivity index (χ2v) is 19.2. The predicted octanol–water partition coefficient (Wildman–Crippen LogP) is 18.6. The zero-order valence-electron chi connectivity index (χ0n) is 38.9. The number of nitrogens with zero attached hydrogens (tertiary/aromatic N) is 2. The Balaban J connectivity index is 0.963. The van der Waals surface area contributed by atoms with Gasteiger partial charge in [-0.25, -0.2) is 0 Å². The highest BCUT2D eigenvalue weighted by Gasteiger charge is 2.35. The number of anilines is 3. The van der Waals surface area contributed by atoms with Crippen LogP contribution in [-0.2, 0) is 5.41 Å². The lowest BCUT2D eigenvalue weighted by Crippen LogP contribution is -2.15. The topological polar surface area (TPSA) is 21.3 Å². The lowest BCUT2D eigenvalue weighted by Gasteiger charge is -2.29. The molecule has 13 aromatic rings. The van der Waals surface area contributed by atoms with Crippen LogP contribution in [0.3, 0.4) is 0 Å². The molecule has 2 aromatic heterocycles. The van der Waals surface area contributed by atoms with E-state index in [1.807, 2.05) is 0 Å². The van der Waals surface area contributed by atoms with Gasteiger partial charge in [-0.3, -0.25) is 0 Å². The molecule has 70 heavy (non-hydrogen) atoms. The minimum absolute atomic E-state index is 0.106. The molecule has 1 aliphatic rings. The molecule has 2 heterocycles.